The lowest BCUT2D eigenvalue weighted by atomic mass is 10.0. The van der Waals surface area contributed by atoms with Crippen LogP contribution in [-0.2, 0) is 18.9 Å². The van der Waals surface area contributed by atoms with Crippen LogP contribution in [0.1, 0.15) is 41.5 Å². The molecule has 0 aliphatic heterocycles. The van der Waals surface area contributed by atoms with E-state index >= 15 is 0 Å². The molecule has 4 rings (SSSR count). The minimum absolute atomic E-state index is 0.197. The van der Waals surface area contributed by atoms with Crippen molar-refractivity contribution >= 4 is 11.9 Å². The van der Waals surface area contributed by atoms with Crippen molar-refractivity contribution in [1.82, 2.24) is 0 Å². The van der Waals surface area contributed by atoms with Gasteiger partial charge in [0, 0.05) is 0 Å². The molecular formula is C35H36O8. The van der Waals surface area contributed by atoms with E-state index in [-0.39, 0.29) is 37.4 Å². The summed E-state index contributed by atoms with van der Waals surface area (Å²) in [6, 6.07) is 27.8. The molecule has 0 aliphatic rings. The first kappa shape index (κ1) is 31.3. The van der Waals surface area contributed by atoms with Crippen molar-refractivity contribution in [3.05, 3.63) is 108 Å². The van der Waals surface area contributed by atoms with Crippen LogP contribution >= 0.6 is 0 Å². The van der Waals surface area contributed by atoms with Crippen LogP contribution in [0.3, 0.4) is 0 Å². The zero-order valence-electron chi connectivity index (χ0n) is 24.4. The largest absolute Gasteiger partial charge is 0.508 e. The fraction of sp³-hybridized carbons (Fsp3) is 0.257. The fourth-order valence-corrected chi connectivity index (χ4v) is 4.22. The maximum absolute atomic E-state index is 12.5. The molecule has 8 heteroatoms. The first-order valence-corrected chi connectivity index (χ1v) is 14.1. The van der Waals surface area contributed by atoms with Crippen LogP contribution in [0, 0.1) is 0 Å². The van der Waals surface area contributed by atoms with E-state index in [1.54, 1.807) is 86.6 Å². The number of esters is 2. The van der Waals surface area contributed by atoms with Crippen molar-refractivity contribution in [3.63, 3.8) is 0 Å². The maximum Gasteiger partial charge on any atom is 0.338 e. The molecule has 0 heterocycles. The van der Waals surface area contributed by atoms with Crippen molar-refractivity contribution in [2.45, 2.75) is 39.1 Å². The van der Waals surface area contributed by atoms with E-state index < -0.39 is 24.1 Å². The summed E-state index contributed by atoms with van der Waals surface area (Å²) in [5, 5.41) is 18.9. The van der Waals surface area contributed by atoms with Gasteiger partial charge in [-0.25, -0.2) is 9.59 Å². The van der Waals surface area contributed by atoms with Crippen LogP contribution in [0.5, 0.6) is 11.5 Å². The summed E-state index contributed by atoms with van der Waals surface area (Å²) in [5.41, 5.74) is 4.57. The Morgan fingerprint density at radius 1 is 0.512 bits per heavy atom. The van der Waals surface area contributed by atoms with Crippen molar-refractivity contribution in [2.75, 3.05) is 19.8 Å². The number of carbonyl (C=O) groups is 2. The molecule has 0 saturated carbocycles. The molecule has 4 aromatic carbocycles. The lowest BCUT2D eigenvalue weighted by Crippen LogP contribution is -2.27. The molecule has 0 aromatic heterocycles. The van der Waals surface area contributed by atoms with Crippen LogP contribution in [-0.4, -0.2) is 60.3 Å². The standard InChI is InChI=1S/C35H36O8/c1-23(41-22-25(3)43-35(39)31-10-6-27(7-11-31)29-14-18-33(37)19-15-29)20-40-21-24(2)42-34(38)30-8-4-26(5-9-30)28-12-16-32(36)17-13-28/h4-19,23-25,36-37H,20-22H2,1-3H3. The molecule has 0 saturated heterocycles. The van der Waals surface area contributed by atoms with Crippen LogP contribution in [0.2, 0.25) is 0 Å². The minimum Gasteiger partial charge on any atom is -0.508 e. The second kappa shape index (κ2) is 15.0. The summed E-state index contributed by atoms with van der Waals surface area (Å²) in [5.74, 6) is -0.489. The third kappa shape index (κ3) is 9.43. The van der Waals surface area contributed by atoms with Crippen LogP contribution in [0.25, 0.3) is 22.3 Å². The summed E-state index contributed by atoms with van der Waals surface area (Å²) >= 11 is 0. The lowest BCUT2D eigenvalue weighted by molar-refractivity contribution is -0.0581. The van der Waals surface area contributed by atoms with Gasteiger partial charge < -0.3 is 29.2 Å². The number of aromatic hydroxyl groups is 2. The van der Waals surface area contributed by atoms with E-state index in [1.165, 1.54) is 0 Å². The van der Waals surface area contributed by atoms with Gasteiger partial charge in [-0.3, -0.25) is 0 Å². The molecule has 0 aliphatic carbocycles. The Balaban J connectivity index is 1.12. The maximum atomic E-state index is 12.5. The number of hydrogen-bond acceptors (Lipinski definition) is 8. The summed E-state index contributed by atoms with van der Waals surface area (Å²) in [7, 11) is 0. The normalized spacial score (nSPS) is 13.1. The number of hydrogen-bond donors (Lipinski definition) is 2. The zero-order chi connectivity index (χ0) is 30.8. The Morgan fingerprint density at radius 2 is 0.837 bits per heavy atom. The molecule has 0 amide bonds. The van der Waals surface area contributed by atoms with Crippen molar-refractivity contribution in [1.29, 1.82) is 0 Å². The first-order chi connectivity index (χ1) is 20.7. The molecule has 0 spiro atoms. The van der Waals surface area contributed by atoms with Gasteiger partial charge >= 0.3 is 11.9 Å². The van der Waals surface area contributed by atoms with Gasteiger partial charge in [0.15, 0.2) is 0 Å². The Bertz CT molecular complexity index is 1460. The number of phenolic OH excluding ortho intramolecular Hbond substituents is 2. The quantitative estimate of drug-likeness (QED) is 0.168. The number of phenols is 2. The first-order valence-electron chi connectivity index (χ1n) is 14.1. The summed E-state index contributed by atoms with van der Waals surface area (Å²) in [6.07, 6.45) is -1.19. The van der Waals surface area contributed by atoms with Crippen LogP contribution in [0.15, 0.2) is 97.1 Å². The molecule has 0 bridgehead atoms. The van der Waals surface area contributed by atoms with Gasteiger partial charge in [-0.15, -0.1) is 0 Å². The van der Waals surface area contributed by atoms with Gasteiger partial charge in [-0.05, 0) is 91.6 Å². The Hall–Kier alpha value is -4.66. The topological polar surface area (TPSA) is 112 Å². The molecule has 224 valence electrons. The van der Waals surface area contributed by atoms with Crippen LogP contribution in [0.4, 0.5) is 0 Å². The highest BCUT2D eigenvalue weighted by molar-refractivity contribution is 5.90. The minimum atomic E-state index is -0.466. The Morgan fingerprint density at radius 3 is 1.23 bits per heavy atom. The second-order valence-corrected chi connectivity index (χ2v) is 10.4. The fourth-order valence-electron chi connectivity index (χ4n) is 4.22. The predicted octanol–water partition coefficient (Wildman–Crippen LogP) is 6.64. The van der Waals surface area contributed by atoms with E-state index in [4.69, 9.17) is 18.9 Å². The summed E-state index contributed by atoms with van der Waals surface area (Å²) in [4.78, 5) is 25.1. The summed E-state index contributed by atoms with van der Waals surface area (Å²) in [6.45, 7) is 6.05. The van der Waals surface area contributed by atoms with Crippen LogP contribution < -0.4 is 0 Å². The molecule has 0 radical (unpaired) electrons. The zero-order valence-corrected chi connectivity index (χ0v) is 24.4. The highest BCUT2D eigenvalue weighted by Crippen LogP contribution is 2.24. The third-order valence-corrected chi connectivity index (χ3v) is 6.58. The van der Waals surface area contributed by atoms with E-state index in [1.807, 2.05) is 31.2 Å². The van der Waals surface area contributed by atoms with Gasteiger partial charge in [0.2, 0.25) is 0 Å². The average molecular weight is 585 g/mol. The molecule has 4 aromatic rings. The SMILES string of the molecule is CC(COCC(C)OC(=O)c1ccc(-c2ccc(O)cc2)cc1)OCC(C)OC(=O)c1ccc(-c2ccc(O)cc2)cc1. The molecule has 8 nitrogen and oxygen atoms in total. The molecule has 43 heavy (non-hydrogen) atoms. The van der Waals surface area contributed by atoms with Gasteiger partial charge in [-0.2, -0.15) is 0 Å². The Kier molecular flexibility index (Phi) is 10.9. The monoisotopic (exact) mass is 584 g/mol. The van der Waals surface area contributed by atoms with Gasteiger partial charge in [-0.1, -0.05) is 48.5 Å². The van der Waals surface area contributed by atoms with E-state index in [9.17, 15) is 19.8 Å². The van der Waals surface area contributed by atoms with Crippen molar-refractivity contribution in [2.24, 2.45) is 0 Å². The van der Waals surface area contributed by atoms with Gasteiger partial charge in [0.05, 0.1) is 37.1 Å². The lowest BCUT2D eigenvalue weighted by Gasteiger charge is -2.19. The molecule has 2 N–H and O–H groups in total. The van der Waals surface area contributed by atoms with E-state index in [2.05, 4.69) is 0 Å². The summed E-state index contributed by atoms with van der Waals surface area (Å²) < 4.78 is 22.4. The third-order valence-electron chi connectivity index (χ3n) is 6.58. The molecule has 3 atom stereocenters. The predicted molar refractivity (Wildman–Crippen MR) is 163 cm³/mol. The average Bonchev–Trinajstić information content (AvgIpc) is 3.01. The van der Waals surface area contributed by atoms with Gasteiger partial charge in [0.25, 0.3) is 0 Å². The highest BCUT2D eigenvalue weighted by Gasteiger charge is 2.16. The molecular weight excluding hydrogens is 548 g/mol. The number of ether oxygens (including phenoxy) is 4. The smallest absolute Gasteiger partial charge is 0.338 e. The molecule has 3 unspecified atom stereocenters. The van der Waals surface area contributed by atoms with E-state index in [0.29, 0.717) is 11.1 Å². The number of rotatable bonds is 13. The van der Waals surface area contributed by atoms with E-state index in [0.717, 1.165) is 22.3 Å². The van der Waals surface area contributed by atoms with Crippen molar-refractivity contribution < 1.29 is 38.7 Å². The van der Waals surface area contributed by atoms with Crippen molar-refractivity contribution in [3.8, 4) is 33.8 Å². The second-order valence-electron chi connectivity index (χ2n) is 10.4. The number of carbonyl (C=O) groups excluding carboxylic acids is 2. The van der Waals surface area contributed by atoms with Gasteiger partial charge in [0.1, 0.15) is 23.7 Å². The highest BCUT2D eigenvalue weighted by atomic mass is 16.6. The number of benzene rings is 4. The Labute approximate surface area is 251 Å². The molecule has 0 fully saturated rings.